The summed E-state index contributed by atoms with van der Waals surface area (Å²) in [4.78, 5) is 72.9. The summed E-state index contributed by atoms with van der Waals surface area (Å²) in [5, 5.41) is 10.6. The molecule has 0 radical (unpaired) electrons. The Morgan fingerprint density at radius 3 is 0.768 bits per heavy atom. The standard InChI is InChI=1S/C80H156O17P2/c1-8-11-12-13-14-15-16-26-33-42-49-56-63-79(84)97-76(68-91-78(83)62-55-48-41-36-35-37-44-51-58-71(4)5)70-95-99(88,89)93-66-74(81)65-92-98(86,87)94-69-75(67-90-77(82)61-54-47-40-32-29-28-31-39-46-53-60-73(7)10-3)96-80(85)64-57-50-43-34-27-24-22-20-18-17-19-21-23-25-30-38-45-52-59-72(6)9-2/h71-76,81H,8-70H2,1-7H3,(H,86,87)(H,88,89)/t72?,73?,74-,75-,76-/m1/s1. The summed E-state index contributed by atoms with van der Waals surface area (Å²) in [7, 11) is -9.92. The predicted molar refractivity (Wildman–Crippen MR) is 405 cm³/mol. The van der Waals surface area contributed by atoms with E-state index in [1.807, 2.05) is 0 Å². The molecule has 0 fully saturated rings. The molecule has 7 atom stereocenters. The smallest absolute Gasteiger partial charge is 0.462 e. The molecule has 0 heterocycles. The number of aliphatic hydroxyl groups is 1. The van der Waals surface area contributed by atoms with E-state index in [-0.39, 0.29) is 25.7 Å². The van der Waals surface area contributed by atoms with E-state index >= 15 is 0 Å². The number of carbonyl (C=O) groups is 4. The fourth-order valence-electron chi connectivity index (χ4n) is 12.2. The molecular weight excluding hydrogens is 1290 g/mol. The summed E-state index contributed by atoms with van der Waals surface area (Å²) < 4.78 is 68.6. The van der Waals surface area contributed by atoms with Crippen molar-refractivity contribution >= 4 is 39.5 Å². The molecule has 0 amide bonds. The van der Waals surface area contributed by atoms with E-state index in [9.17, 15) is 43.2 Å². The van der Waals surface area contributed by atoms with E-state index in [0.29, 0.717) is 25.7 Å². The minimum Gasteiger partial charge on any atom is -0.462 e. The molecule has 0 rings (SSSR count). The normalized spacial score (nSPS) is 14.5. The Morgan fingerprint density at radius 1 is 0.293 bits per heavy atom. The molecule has 0 aliphatic heterocycles. The molecular formula is C80H156O17P2. The Kier molecular flexibility index (Phi) is 69.0. The second-order valence-corrected chi connectivity index (χ2v) is 32.7. The van der Waals surface area contributed by atoms with Crippen molar-refractivity contribution in [2.45, 2.75) is 433 Å². The number of rotatable bonds is 78. The first-order valence-corrected chi connectivity index (χ1v) is 44.4. The molecule has 0 aromatic rings. The number of esters is 4. The number of unbranched alkanes of at least 4 members (excludes halogenated alkanes) is 44. The van der Waals surface area contributed by atoms with Crippen LogP contribution in [0.5, 0.6) is 0 Å². The van der Waals surface area contributed by atoms with E-state index in [1.54, 1.807) is 0 Å². The lowest BCUT2D eigenvalue weighted by Gasteiger charge is -2.21. The lowest BCUT2D eigenvalue weighted by atomic mass is 9.99. The Hall–Kier alpha value is -1.94. The van der Waals surface area contributed by atoms with Gasteiger partial charge in [-0.3, -0.25) is 37.3 Å². The summed E-state index contributed by atoms with van der Waals surface area (Å²) in [5.74, 6) is 0.294. The van der Waals surface area contributed by atoms with Crippen LogP contribution in [0.15, 0.2) is 0 Å². The first-order chi connectivity index (χ1) is 47.8. The number of carbonyl (C=O) groups excluding carboxylic acids is 4. The average molecular weight is 1450 g/mol. The maximum atomic E-state index is 13.1. The lowest BCUT2D eigenvalue weighted by Crippen LogP contribution is -2.30. The number of hydrogen-bond acceptors (Lipinski definition) is 15. The van der Waals surface area contributed by atoms with E-state index in [4.69, 9.17) is 37.0 Å². The second-order valence-electron chi connectivity index (χ2n) is 29.8. The minimum atomic E-state index is -4.96. The molecule has 0 aromatic heterocycles. The molecule has 0 bridgehead atoms. The Bertz CT molecular complexity index is 1930. The van der Waals surface area contributed by atoms with E-state index in [2.05, 4.69) is 48.5 Å². The van der Waals surface area contributed by atoms with Crippen molar-refractivity contribution in [3.8, 4) is 0 Å². The van der Waals surface area contributed by atoms with Gasteiger partial charge in [-0.25, -0.2) is 9.13 Å². The van der Waals surface area contributed by atoms with Gasteiger partial charge in [0, 0.05) is 25.7 Å². The van der Waals surface area contributed by atoms with Gasteiger partial charge in [-0.15, -0.1) is 0 Å². The van der Waals surface area contributed by atoms with E-state index in [0.717, 1.165) is 108 Å². The first kappa shape index (κ1) is 97.1. The molecule has 19 heteroatoms. The summed E-state index contributed by atoms with van der Waals surface area (Å²) in [6.07, 6.45) is 58.2. The maximum absolute atomic E-state index is 13.1. The fraction of sp³-hybridized carbons (Fsp3) is 0.950. The van der Waals surface area contributed by atoms with Crippen molar-refractivity contribution in [3.63, 3.8) is 0 Å². The molecule has 588 valence electrons. The van der Waals surface area contributed by atoms with Crippen LogP contribution in [0.4, 0.5) is 0 Å². The van der Waals surface area contributed by atoms with Gasteiger partial charge in [-0.2, -0.15) is 0 Å². The van der Waals surface area contributed by atoms with Crippen molar-refractivity contribution in [1.29, 1.82) is 0 Å². The van der Waals surface area contributed by atoms with Crippen LogP contribution < -0.4 is 0 Å². The monoisotopic (exact) mass is 1450 g/mol. The van der Waals surface area contributed by atoms with Crippen LogP contribution in [0.1, 0.15) is 414 Å². The van der Waals surface area contributed by atoms with Crippen molar-refractivity contribution in [2.24, 2.45) is 17.8 Å². The average Bonchev–Trinajstić information content (AvgIpc) is 1.18. The number of hydrogen-bond donors (Lipinski definition) is 3. The predicted octanol–water partition coefficient (Wildman–Crippen LogP) is 23.7. The SMILES string of the molecule is CCCCCCCCCCCCCCC(=O)O[C@H](COC(=O)CCCCCCCCCCC(C)C)COP(=O)(O)OC[C@H](O)COP(=O)(O)OC[C@@H](COC(=O)CCCCCCCCCCCCC(C)CC)OC(=O)CCCCCCCCCCCCCCCCCCCCC(C)CC. The molecule has 0 aliphatic carbocycles. The van der Waals surface area contributed by atoms with E-state index < -0.39 is 97.5 Å². The van der Waals surface area contributed by atoms with Crippen molar-refractivity contribution in [3.05, 3.63) is 0 Å². The van der Waals surface area contributed by atoms with Crippen LogP contribution in [0.25, 0.3) is 0 Å². The van der Waals surface area contributed by atoms with Gasteiger partial charge in [0.1, 0.15) is 19.3 Å². The quantitative estimate of drug-likeness (QED) is 0.0222. The molecule has 3 N–H and O–H groups in total. The topological polar surface area (TPSA) is 237 Å². The summed E-state index contributed by atoms with van der Waals surface area (Å²) in [5.41, 5.74) is 0. The third-order valence-electron chi connectivity index (χ3n) is 19.4. The molecule has 17 nitrogen and oxygen atoms in total. The highest BCUT2D eigenvalue weighted by Gasteiger charge is 2.30. The van der Waals surface area contributed by atoms with Crippen LogP contribution >= 0.6 is 15.6 Å². The highest BCUT2D eigenvalue weighted by Crippen LogP contribution is 2.45. The second kappa shape index (κ2) is 70.4. The zero-order valence-corrected chi connectivity index (χ0v) is 66.8. The van der Waals surface area contributed by atoms with Gasteiger partial charge < -0.3 is 33.8 Å². The molecule has 0 saturated heterocycles. The van der Waals surface area contributed by atoms with Gasteiger partial charge >= 0.3 is 39.5 Å². The van der Waals surface area contributed by atoms with Crippen LogP contribution in [0, 0.1) is 17.8 Å². The first-order valence-electron chi connectivity index (χ1n) is 41.4. The zero-order valence-electron chi connectivity index (χ0n) is 65.0. The summed E-state index contributed by atoms with van der Waals surface area (Å²) >= 11 is 0. The summed E-state index contributed by atoms with van der Waals surface area (Å²) in [6.45, 7) is 12.0. The van der Waals surface area contributed by atoms with Gasteiger partial charge in [0.15, 0.2) is 12.2 Å². The fourth-order valence-corrected chi connectivity index (χ4v) is 13.8. The zero-order chi connectivity index (χ0) is 73.0. The molecule has 0 aromatic carbocycles. The number of aliphatic hydroxyl groups excluding tert-OH is 1. The van der Waals surface area contributed by atoms with Gasteiger partial charge in [-0.05, 0) is 43.4 Å². The lowest BCUT2D eigenvalue weighted by molar-refractivity contribution is -0.161. The molecule has 0 aliphatic rings. The number of phosphoric ester groups is 2. The Balaban J connectivity index is 5.21. The molecule has 99 heavy (non-hydrogen) atoms. The van der Waals surface area contributed by atoms with Crippen molar-refractivity contribution in [2.75, 3.05) is 39.6 Å². The van der Waals surface area contributed by atoms with Crippen molar-refractivity contribution < 1.29 is 80.2 Å². The van der Waals surface area contributed by atoms with Crippen LogP contribution in [-0.4, -0.2) is 96.7 Å². The number of phosphoric acid groups is 2. The Labute approximate surface area is 607 Å². The van der Waals surface area contributed by atoms with Crippen molar-refractivity contribution in [1.82, 2.24) is 0 Å². The van der Waals surface area contributed by atoms with Crippen LogP contribution in [0.2, 0.25) is 0 Å². The van der Waals surface area contributed by atoms with Gasteiger partial charge in [0.2, 0.25) is 0 Å². The van der Waals surface area contributed by atoms with Gasteiger partial charge in [-0.1, -0.05) is 363 Å². The third kappa shape index (κ3) is 71.5. The third-order valence-corrected chi connectivity index (χ3v) is 21.3. The largest absolute Gasteiger partial charge is 0.472 e. The van der Waals surface area contributed by atoms with Gasteiger partial charge in [0.05, 0.1) is 26.4 Å². The highest BCUT2D eigenvalue weighted by atomic mass is 31.2. The van der Waals surface area contributed by atoms with Crippen LogP contribution in [-0.2, 0) is 65.4 Å². The van der Waals surface area contributed by atoms with E-state index in [1.165, 1.54) is 225 Å². The Morgan fingerprint density at radius 2 is 0.515 bits per heavy atom. The van der Waals surface area contributed by atoms with Gasteiger partial charge in [0.25, 0.3) is 0 Å². The minimum absolute atomic E-state index is 0.107. The molecule has 4 unspecified atom stereocenters. The highest BCUT2D eigenvalue weighted by molar-refractivity contribution is 7.47. The number of ether oxygens (including phenoxy) is 4. The van der Waals surface area contributed by atoms with Crippen LogP contribution in [0.3, 0.4) is 0 Å². The molecule has 0 spiro atoms. The molecule has 0 saturated carbocycles. The maximum Gasteiger partial charge on any atom is 0.472 e. The summed E-state index contributed by atoms with van der Waals surface area (Å²) in [6, 6.07) is 0.